The van der Waals surface area contributed by atoms with Gasteiger partial charge in [0.1, 0.15) is 5.75 Å². The van der Waals surface area contributed by atoms with Gasteiger partial charge in [-0.05, 0) is 49.6 Å². The number of nitrogens with zero attached hydrogens (tertiary/aromatic N) is 1. The second-order valence-corrected chi connectivity index (χ2v) is 6.47. The van der Waals surface area contributed by atoms with Crippen molar-refractivity contribution in [2.24, 2.45) is 4.99 Å². The van der Waals surface area contributed by atoms with Crippen LogP contribution in [0.5, 0.6) is 5.75 Å². The summed E-state index contributed by atoms with van der Waals surface area (Å²) in [6, 6.07) is 14.9. The summed E-state index contributed by atoms with van der Waals surface area (Å²) < 4.78 is 11.0. The van der Waals surface area contributed by atoms with Crippen molar-refractivity contribution in [2.75, 3.05) is 25.6 Å². The lowest BCUT2D eigenvalue weighted by Crippen LogP contribution is -2.36. The van der Waals surface area contributed by atoms with Gasteiger partial charge in [-0.15, -0.1) is 0 Å². The van der Waals surface area contributed by atoms with Crippen molar-refractivity contribution >= 4 is 17.6 Å². The summed E-state index contributed by atoms with van der Waals surface area (Å²) in [6.45, 7) is 3.26. The van der Waals surface area contributed by atoms with Gasteiger partial charge in [-0.1, -0.05) is 24.3 Å². The van der Waals surface area contributed by atoms with Gasteiger partial charge in [0, 0.05) is 12.2 Å². The monoisotopic (exact) mass is 367 g/mol. The number of carbonyl (C=O) groups is 1. The number of hydrogen-bond donors (Lipinski definition) is 2. The number of rotatable bonds is 5. The summed E-state index contributed by atoms with van der Waals surface area (Å²) in [5.41, 5.74) is 2.39. The molecule has 1 heterocycles. The van der Waals surface area contributed by atoms with E-state index in [1.54, 1.807) is 19.2 Å². The number of amides is 1. The topological polar surface area (TPSA) is 71.9 Å². The first-order chi connectivity index (χ1) is 13.2. The van der Waals surface area contributed by atoms with E-state index in [1.165, 1.54) is 0 Å². The molecule has 0 radical (unpaired) electrons. The Morgan fingerprint density at radius 1 is 1.26 bits per heavy atom. The van der Waals surface area contributed by atoms with Crippen LogP contribution in [-0.4, -0.2) is 38.2 Å². The Kier molecular flexibility index (Phi) is 6.44. The minimum atomic E-state index is -0.221. The predicted octanol–water partition coefficient (Wildman–Crippen LogP) is 3.38. The van der Waals surface area contributed by atoms with Gasteiger partial charge in [-0.2, -0.15) is 0 Å². The standard InChI is InChI=1S/C21H25N3O3/c1-15-10-11-19(26-2)18(13-15)23-21(22-14-17-9-6-12-27-17)24-20(25)16-7-4-3-5-8-16/h3-5,7-8,10-11,13,17H,6,9,12,14H2,1-2H3,(H2,22,23,24,25)/t17-/m0/s1. The number of ether oxygens (including phenoxy) is 2. The first-order valence-corrected chi connectivity index (χ1v) is 9.10. The van der Waals surface area contributed by atoms with E-state index in [-0.39, 0.29) is 12.0 Å². The van der Waals surface area contributed by atoms with Gasteiger partial charge in [-0.3, -0.25) is 10.1 Å². The summed E-state index contributed by atoms with van der Waals surface area (Å²) >= 11 is 0. The van der Waals surface area contributed by atoms with Gasteiger partial charge >= 0.3 is 0 Å². The molecule has 6 heteroatoms. The van der Waals surface area contributed by atoms with Crippen LogP contribution in [-0.2, 0) is 4.74 Å². The van der Waals surface area contributed by atoms with Gasteiger partial charge in [0.15, 0.2) is 0 Å². The van der Waals surface area contributed by atoms with Crippen molar-refractivity contribution in [2.45, 2.75) is 25.9 Å². The maximum Gasteiger partial charge on any atom is 0.257 e. The molecule has 1 amide bonds. The fourth-order valence-electron chi connectivity index (χ4n) is 2.91. The number of methoxy groups -OCH3 is 1. The number of anilines is 1. The summed E-state index contributed by atoms with van der Waals surface area (Å²) in [6.07, 6.45) is 2.12. The van der Waals surface area contributed by atoms with E-state index in [2.05, 4.69) is 15.6 Å². The lowest BCUT2D eigenvalue weighted by atomic mass is 10.2. The molecule has 0 unspecified atom stereocenters. The zero-order chi connectivity index (χ0) is 19.1. The van der Waals surface area contributed by atoms with Crippen LogP contribution in [0.15, 0.2) is 53.5 Å². The first kappa shape index (κ1) is 18.9. The van der Waals surface area contributed by atoms with Gasteiger partial charge in [0.25, 0.3) is 5.91 Å². The van der Waals surface area contributed by atoms with Crippen LogP contribution in [0.25, 0.3) is 0 Å². The van der Waals surface area contributed by atoms with Crippen molar-refractivity contribution in [1.29, 1.82) is 0 Å². The smallest absolute Gasteiger partial charge is 0.257 e. The minimum Gasteiger partial charge on any atom is -0.495 e. The minimum absolute atomic E-state index is 0.0924. The van der Waals surface area contributed by atoms with Gasteiger partial charge in [-0.25, -0.2) is 4.99 Å². The van der Waals surface area contributed by atoms with Crippen molar-refractivity contribution in [3.63, 3.8) is 0 Å². The van der Waals surface area contributed by atoms with E-state index in [4.69, 9.17) is 9.47 Å². The molecule has 1 aliphatic heterocycles. The Bertz CT molecular complexity index is 800. The number of hydrogen-bond acceptors (Lipinski definition) is 4. The Labute approximate surface area is 159 Å². The second-order valence-electron chi connectivity index (χ2n) is 6.47. The molecule has 0 saturated carbocycles. The van der Waals surface area contributed by atoms with E-state index < -0.39 is 0 Å². The molecule has 1 saturated heterocycles. The lowest BCUT2D eigenvalue weighted by Gasteiger charge is -2.16. The molecule has 142 valence electrons. The third-order valence-electron chi connectivity index (χ3n) is 4.35. The molecule has 0 bridgehead atoms. The molecule has 0 aromatic heterocycles. The number of aliphatic imine (C=N–C) groups is 1. The SMILES string of the molecule is COc1ccc(C)cc1NC(=NC[C@@H]1CCCO1)NC(=O)c1ccccc1. The summed E-state index contributed by atoms with van der Waals surface area (Å²) in [4.78, 5) is 17.1. The van der Waals surface area contributed by atoms with Crippen LogP contribution >= 0.6 is 0 Å². The van der Waals surface area contributed by atoms with Gasteiger partial charge in [0.2, 0.25) is 5.96 Å². The summed E-state index contributed by atoms with van der Waals surface area (Å²) in [7, 11) is 1.61. The van der Waals surface area contributed by atoms with E-state index in [0.29, 0.717) is 23.8 Å². The molecule has 2 aromatic rings. The van der Waals surface area contributed by atoms with Crippen molar-refractivity contribution in [3.8, 4) is 5.75 Å². The molecule has 27 heavy (non-hydrogen) atoms. The summed E-state index contributed by atoms with van der Waals surface area (Å²) in [5.74, 6) is 0.837. The molecule has 0 spiro atoms. The highest BCUT2D eigenvalue weighted by Gasteiger charge is 2.16. The Balaban J connectivity index is 1.79. The van der Waals surface area contributed by atoms with Crippen molar-refractivity contribution in [3.05, 3.63) is 59.7 Å². The quantitative estimate of drug-likeness (QED) is 0.628. The third-order valence-corrected chi connectivity index (χ3v) is 4.35. The molecule has 0 aliphatic carbocycles. The predicted molar refractivity (Wildman–Crippen MR) is 107 cm³/mol. The highest BCUT2D eigenvalue weighted by Crippen LogP contribution is 2.25. The zero-order valence-corrected chi connectivity index (χ0v) is 15.7. The van der Waals surface area contributed by atoms with E-state index in [9.17, 15) is 4.79 Å². The molecular weight excluding hydrogens is 342 g/mol. The zero-order valence-electron chi connectivity index (χ0n) is 15.7. The molecule has 2 N–H and O–H groups in total. The molecule has 1 fully saturated rings. The van der Waals surface area contributed by atoms with Crippen LogP contribution in [0.1, 0.15) is 28.8 Å². The number of benzene rings is 2. The van der Waals surface area contributed by atoms with Crippen molar-refractivity contribution in [1.82, 2.24) is 5.32 Å². The largest absolute Gasteiger partial charge is 0.495 e. The molecular formula is C21H25N3O3. The van der Waals surface area contributed by atoms with E-state index in [0.717, 1.165) is 30.7 Å². The maximum atomic E-state index is 12.6. The van der Waals surface area contributed by atoms with Crippen molar-refractivity contribution < 1.29 is 14.3 Å². The van der Waals surface area contributed by atoms with Gasteiger partial charge in [0.05, 0.1) is 25.4 Å². The first-order valence-electron chi connectivity index (χ1n) is 9.10. The third kappa shape index (κ3) is 5.31. The lowest BCUT2D eigenvalue weighted by molar-refractivity contribution is 0.0975. The van der Waals surface area contributed by atoms with Crippen LogP contribution in [0.3, 0.4) is 0 Å². The fourth-order valence-corrected chi connectivity index (χ4v) is 2.91. The molecule has 1 atom stereocenters. The molecule has 6 nitrogen and oxygen atoms in total. The number of nitrogens with one attached hydrogen (secondary N) is 2. The normalized spacial score (nSPS) is 16.8. The maximum absolute atomic E-state index is 12.6. The second kappa shape index (κ2) is 9.19. The highest BCUT2D eigenvalue weighted by molar-refractivity contribution is 6.10. The van der Waals surface area contributed by atoms with Crippen LogP contribution in [0, 0.1) is 6.92 Å². The average molecular weight is 367 g/mol. The Hall–Kier alpha value is -2.86. The molecule has 2 aromatic carbocycles. The highest BCUT2D eigenvalue weighted by atomic mass is 16.5. The molecule has 1 aliphatic rings. The number of guanidine groups is 1. The Morgan fingerprint density at radius 2 is 2.07 bits per heavy atom. The average Bonchev–Trinajstić information content (AvgIpc) is 3.20. The number of aryl methyl sites for hydroxylation is 1. The van der Waals surface area contributed by atoms with E-state index in [1.807, 2.05) is 43.3 Å². The summed E-state index contributed by atoms with van der Waals surface area (Å²) in [5, 5.41) is 6.07. The molecule has 3 rings (SSSR count). The van der Waals surface area contributed by atoms with E-state index >= 15 is 0 Å². The van der Waals surface area contributed by atoms with Crippen LogP contribution in [0.2, 0.25) is 0 Å². The fraction of sp³-hybridized carbons (Fsp3) is 0.333. The van der Waals surface area contributed by atoms with Crippen LogP contribution in [0.4, 0.5) is 5.69 Å². The number of carbonyl (C=O) groups excluding carboxylic acids is 1. The van der Waals surface area contributed by atoms with Crippen LogP contribution < -0.4 is 15.4 Å². The Morgan fingerprint density at radius 3 is 2.78 bits per heavy atom. The van der Waals surface area contributed by atoms with Gasteiger partial charge < -0.3 is 14.8 Å².